The molecule has 1 N–H and O–H groups in total. The highest BCUT2D eigenvalue weighted by atomic mass is 35.5. The Labute approximate surface area is 112 Å². The maximum Gasteiger partial charge on any atom is 0.213 e. The number of nitrogens with zero attached hydrogens (tertiary/aromatic N) is 4. The lowest BCUT2D eigenvalue weighted by atomic mass is 10.4. The average molecular weight is 270 g/mol. The van der Waals surface area contributed by atoms with Gasteiger partial charge in [0, 0.05) is 6.07 Å². The molecule has 2 aromatic heterocycles. The highest BCUT2D eigenvalue weighted by molar-refractivity contribution is 5.85. The maximum absolute atomic E-state index is 5.01. The summed E-state index contributed by atoms with van der Waals surface area (Å²) in [5.74, 6) is 1.45. The van der Waals surface area contributed by atoms with Gasteiger partial charge in [-0.25, -0.2) is 14.6 Å². The third-order valence-corrected chi connectivity index (χ3v) is 2.33. The van der Waals surface area contributed by atoms with E-state index < -0.39 is 0 Å². The van der Waals surface area contributed by atoms with Gasteiger partial charge in [-0.2, -0.15) is 5.10 Å². The van der Waals surface area contributed by atoms with Gasteiger partial charge < -0.3 is 10.1 Å². The summed E-state index contributed by atoms with van der Waals surface area (Å²) in [4.78, 5) is 8.35. The number of pyridine rings is 1. The van der Waals surface area contributed by atoms with Gasteiger partial charge in [0.1, 0.15) is 12.2 Å². The van der Waals surface area contributed by atoms with Crippen molar-refractivity contribution >= 4 is 12.4 Å². The minimum absolute atomic E-state index is 0. The van der Waals surface area contributed by atoms with E-state index in [1.165, 1.54) is 6.33 Å². The highest BCUT2D eigenvalue weighted by Gasteiger charge is 2.06. The summed E-state index contributed by atoms with van der Waals surface area (Å²) in [6.45, 7) is 3.63. The second-order valence-corrected chi connectivity index (χ2v) is 3.43. The number of hydrogen-bond acceptors (Lipinski definition) is 5. The van der Waals surface area contributed by atoms with Crippen molar-refractivity contribution in [3.63, 3.8) is 0 Å². The molecule has 0 bridgehead atoms. The van der Waals surface area contributed by atoms with E-state index in [0.717, 1.165) is 18.1 Å². The van der Waals surface area contributed by atoms with Crippen LogP contribution in [0.4, 0.5) is 0 Å². The summed E-state index contributed by atoms with van der Waals surface area (Å²) < 4.78 is 6.77. The maximum atomic E-state index is 5.01. The van der Waals surface area contributed by atoms with Crippen molar-refractivity contribution in [2.45, 2.75) is 13.5 Å². The molecule has 2 aromatic rings. The van der Waals surface area contributed by atoms with Crippen LogP contribution in [-0.2, 0) is 6.54 Å². The molecule has 0 atom stereocenters. The Bertz CT molecular complexity index is 471. The van der Waals surface area contributed by atoms with Gasteiger partial charge >= 0.3 is 0 Å². The van der Waals surface area contributed by atoms with Crippen molar-refractivity contribution < 1.29 is 4.74 Å². The molecule has 0 fully saturated rings. The van der Waals surface area contributed by atoms with Crippen LogP contribution >= 0.6 is 12.4 Å². The third-order valence-electron chi connectivity index (χ3n) is 2.33. The Hall–Kier alpha value is -1.66. The topological polar surface area (TPSA) is 64.9 Å². The zero-order valence-electron chi connectivity index (χ0n) is 10.3. The second-order valence-electron chi connectivity index (χ2n) is 3.43. The minimum atomic E-state index is 0. The molecule has 2 rings (SSSR count). The lowest BCUT2D eigenvalue weighted by molar-refractivity contribution is 0.397. The molecule has 98 valence electrons. The van der Waals surface area contributed by atoms with Gasteiger partial charge in [-0.1, -0.05) is 6.92 Å². The second kappa shape index (κ2) is 6.93. The normalized spacial score (nSPS) is 9.89. The molecule has 0 aromatic carbocycles. The molecule has 7 heteroatoms. The molecule has 0 unspecified atom stereocenters. The first kappa shape index (κ1) is 14.4. The molecule has 0 spiro atoms. The lowest BCUT2D eigenvalue weighted by Gasteiger charge is -2.06. The Morgan fingerprint density at radius 2 is 2.17 bits per heavy atom. The SMILES string of the molecule is CCNCc1ncnn1-c1ccc(OC)nc1.Cl. The van der Waals surface area contributed by atoms with Gasteiger partial charge in [0.2, 0.25) is 5.88 Å². The lowest BCUT2D eigenvalue weighted by Crippen LogP contribution is -2.16. The Balaban J connectivity index is 0.00000162. The summed E-state index contributed by atoms with van der Waals surface area (Å²) in [7, 11) is 1.59. The number of rotatable bonds is 5. The Morgan fingerprint density at radius 3 is 2.78 bits per heavy atom. The molecular formula is C11H16ClN5O. The number of nitrogens with one attached hydrogen (secondary N) is 1. The quantitative estimate of drug-likeness (QED) is 0.884. The number of hydrogen-bond donors (Lipinski definition) is 1. The van der Waals surface area contributed by atoms with E-state index in [-0.39, 0.29) is 12.4 Å². The first-order chi connectivity index (χ1) is 8.35. The van der Waals surface area contributed by atoms with Gasteiger partial charge in [-0.05, 0) is 12.6 Å². The highest BCUT2D eigenvalue weighted by Crippen LogP contribution is 2.11. The number of halogens is 1. The average Bonchev–Trinajstić information content (AvgIpc) is 2.84. The molecule has 0 saturated carbocycles. The molecule has 0 aliphatic carbocycles. The van der Waals surface area contributed by atoms with E-state index in [1.54, 1.807) is 24.1 Å². The van der Waals surface area contributed by atoms with E-state index in [0.29, 0.717) is 12.4 Å². The Kier molecular flexibility index (Phi) is 5.54. The predicted octanol–water partition coefficient (Wildman–Crippen LogP) is 1.20. The van der Waals surface area contributed by atoms with Crippen LogP contribution in [0.2, 0.25) is 0 Å². The zero-order valence-corrected chi connectivity index (χ0v) is 11.1. The van der Waals surface area contributed by atoms with Gasteiger partial charge in [-0.15, -0.1) is 12.4 Å². The summed E-state index contributed by atoms with van der Waals surface area (Å²) >= 11 is 0. The molecule has 0 amide bonds. The minimum Gasteiger partial charge on any atom is -0.481 e. The number of ether oxygens (including phenoxy) is 1. The van der Waals surface area contributed by atoms with E-state index in [2.05, 4.69) is 27.3 Å². The summed E-state index contributed by atoms with van der Waals surface area (Å²) in [6, 6.07) is 3.70. The fourth-order valence-corrected chi connectivity index (χ4v) is 1.46. The van der Waals surface area contributed by atoms with Crippen molar-refractivity contribution in [3.05, 3.63) is 30.5 Å². The van der Waals surface area contributed by atoms with E-state index in [1.807, 2.05) is 6.07 Å². The fourth-order valence-electron chi connectivity index (χ4n) is 1.46. The smallest absolute Gasteiger partial charge is 0.213 e. The van der Waals surface area contributed by atoms with Crippen LogP contribution in [0.15, 0.2) is 24.7 Å². The zero-order chi connectivity index (χ0) is 12.1. The molecule has 0 radical (unpaired) electrons. The molecular weight excluding hydrogens is 254 g/mol. The van der Waals surface area contributed by atoms with Crippen LogP contribution in [0.25, 0.3) is 5.69 Å². The van der Waals surface area contributed by atoms with Crippen molar-refractivity contribution in [1.82, 2.24) is 25.1 Å². The molecule has 6 nitrogen and oxygen atoms in total. The summed E-state index contributed by atoms with van der Waals surface area (Å²) in [5, 5.41) is 7.39. The van der Waals surface area contributed by atoms with Gasteiger partial charge in [0.05, 0.1) is 25.5 Å². The van der Waals surface area contributed by atoms with Crippen LogP contribution in [0.5, 0.6) is 5.88 Å². The third kappa shape index (κ3) is 3.18. The van der Waals surface area contributed by atoms with E-state index in [9.17, 15) is 0 Å². The van der Waals surface area contributed by atoms with Crippen LogP contribution < -0.4 is 10.1 Å². The first-order valence-corrected chi connectivity index (χ1v) is 5.45. The molecule has 0 saturated heterocycles. The largest absolute Gasteiger partial charge is 0.481 e. The van der Waals surface area contributed by atoms with Crippen molar-refractivity contribution in [1.29, 1.82) is 0 Å². The van der Waals surface area contributed by atoms with Crippen LogP contribution in [-0.4, -0.2) is 33.4 Å². The fraction of sp³-hybridized carbons (Fsp3) is 0.364. The number of aromatic nitrogens is 4. The molecule has 0 aliphatic rings. The van der Waals surface area contributed by atoms with E-state index >= 15 is 0 Å². The van der Waals surface area contributed by atoms with Crippen LogP contribution in [0, 0.1) is 0 Å². The van der Waals surface area contributed by atoms with Crippen molar-refractivity contribution in [2.75, 3.05) is 13.7 Å². The standard InChI is InChI=1S/C11H15N5O.ClH/c1-3-12-7-10-14-8-15-16(10)9-4-5-11(17-2)13-6-9;/h4-6,8,12H,3,7H2,1-2H3;1H. The van der Waals surface area contributed by atoms with Crippen LogP contribution in [0.1, 0.15) is 12.7 Å². The monoisotopic (exact) mass is 269 g/mol. The molecule has 2 heterocycles. The summed E-state index contributed by atoms with van der Waals surface area (Å²) in [5.41, 5.74) is 0.871. The summed E-state index contributed by atoms with van der Waals surface area (Å²) in [6.07, 6.45) is 3.25. The van der Waals surface area contributed by atoms with Crippen LogP contribution in [0.3, 0.4) is 0 Å². The predicted molar refractivity (Wildman–Crippen MR) is 70.3 cm³/mol. The molecule has 18 heavy (non-hydrogen) atoms. The van der Waals surface area contributed by atoms with Gasteiger partial charge in [0.15, 0.2) is 0 Å². The van der Waals surface area contributed by atoms with Gasteiger partial charge in [-0.3, -0.25) is 0 Å². The van der Waals surface area contributed by atoms with Crippen molar-refractivity contribution in [3.8, 4) is 11.6 Å². The Morgan fingerprint density at radius 1 is 1.33 bits per heavy atom. The molecule has 0 aliphatic heterocycles. The van der Waals surface area contributed by atoms with E-state index in [4.69, 9.17) is 4.74 Å². The first-order valence-electron chi connectivity index (χ1n) is 5.45. The number of methoxy groups -OCH3 is 1. The van der Waals surface area contributed by atoms with Crippen molar-refractivity contribution in [2.24, 2.45) is 0 Å². The van der Waals surface area contributed by atoms with Gasteiger partial charge in [0.25, 0.3) is 0 Å².